The Morgan fingerprint density at radius 3 is 2.44 bits per heavy atom. The Hall–Kier alpha value is -2.27. The molecule has 1 aliphatic rings. The van der Waals surface area contributed by atoms with Crippen molar-refractivity contribution in [3.63, 3.8) is 0 Å². The first kappa shape index (κ1) is 19.5. The second kappa shape index (κ2) is 8.61. The molecular formula is C22H30N2O3. The van der Waals surface area contributed by atoms with E-state index < -0.39 is 5.41 Å². The number of carbonyl (C=O) groups is 1. The van der Waals surface area contributed by atoms with Crippen LogP contribution in [0.2, 0.25) is 0 Å². The van der Waals surface area contributed by atoms with E-state index in [9.17, 15) is 4.79 Å². The molecule has 1 unspecified atom stereocenters. The van der Waals surface area contributed by atoms with Crippen molar-refractivity contribution in [3.05, 3.63) is 54.0 Å². The molecule has 1 aliphatic carbocycles. The third-order valence-corrected chi connectivity index (χ3v) is 5.74. The van der Waals surface area contributed by atoms with Crippen LogP contribution in [-0.2, 0) is 10.2 Å². The Balaban J connectivity index is 1.79. The summed E-state index contributed by atoms with van der Waals surface area (Å²) in [5.74, 6) is 1.80. The molecule has 146 valence electrons. The zero-order valence-corrected chi connectivity index (χ0v) is 16.5. The van der Waals surface area contributed by atoms with Crippen molar-refractivity contribution < 1.29 is 13.9 Å². The number of amides is 1. The van der Waals surface area contributed by atoms with Crippen LogP contribution < -0.4 is 10.1 Å². The summed E-state index contributed by atoms with van der Waals surface area (Å²) in [6.45, 7) is 0.525. The molecule has 0 bridgehead atoms. The average Bonchev–Trinajstić information content (AvgIpc) is 3.22. The van der Waals surface area contributed by atoms with Gasteiger partial charge in [-0.3, -0.25) is 9.69 Å². The number of rotatable bonds is 7. The molecule has 1 fully saturated rings. The predicted molar refractivity (Wildman–Crippen MR) is 106 cm³/mol. The SMILES string of the molecule is COc1ccc(C2(C(=O)NCC(c3ccco3)N(C)C)CCCCC2)cc1. The van der Waals surface area contributed by atoms with Crippen LogP contribution in [0.25, 0.3) is 0 Å². The van der Waals surface area contributed by atoms with Crippen LogP contribution in [0.5, 0.6) is 5.75 Å². The van der Waals surface area contributed by atoms with E-state index in [1.807, 2.05) is 50.5 Å². The van der Waals surface area contributed by atoms with Crippen LogP contribution in [-0.4, -0.2) is 38.6 Å². The third-order valence-electron chi connectivity index (χ3n) is 5.74. The molecule has 1 aromatic heterocycles. The van der Waals surface area contributed by atoms with Crippen LogP contribution in [0.15, 0.2) is 47.1 Å². The first-order valence-corrected chi connectivity index (χ1v) is 9.69. The van der Waals surface area contributed by atoms with Gasteiger partial charge in [0.25, 0.3) is 0 Å². The maximum atomic E-state index is 13.4. The molecule has 27 heavy (non-hydrogen) atoms. The van der Waals surface area contributed by atoms with Crippen LogP contribution in [0.3, 0.4) is 0 Å². The molecule has 0 radical (unpaired) electrons. The van der Waals surface area contributed by atoms with Crippen LogP contribution in [0.1, 0.15) is 49.5 Å². The average molecular weight is 370 g/mol. The predicted octanol–water partition coefficient (Wildman–Crippen LogP) is 3.91. The van der Waals surface area contributed by atoms with E-state index in [-0.39, 0.29) is 11.9 Å². The van der Waals surface area contributed by atoms with Gasteiger partial charge in [-0.2, -0.15) is 0 Å². The molecule has 1 saturated carbocycles. The molecule has 1 aromatic carbocycles. The quantitative estimate of drug-likeness (QED) is 0.803. The van der Waals surface area contributed by atoms with Gasteiger partial charge < -0.3 is 14.5 Å². The Morgan fingerprint density at radius 1 is 1.19 bits per heavy atom. The summed E-state index contributed by atoms with van der Waals surface area (Å²) in [4.78, 5) is 15.4. The molecule has 5 nitrogen and oxygen atoms in total. The zero-order valence-electron chi connectivity index (χ0n) is 16.5. The third kappa shape index (κ3) is 4.19. The smallest absolute Gasteiger partial charge is 0.230 e. The summed E-state index contributed by atoms with van der Waals surface area (Å²) in [5.41, 5.74) is 0.629. The highest BCUT2D eigenvalue weighted by atomic mass is 16.5. The molecule has 1 N–H and O–H groups in total. The zero-order chi connectivity index (χ0) is 19.3. The van der Waals surface area contributed by atoms with Gasteiger partial charge in [0.2, 0.25) is 5.91 Å². The number of methoxy groups -OCH3 is 1. The number of nitrogens with zero attached hydrogens (tertiary/aromatic N) is 1. The normalized spacial score (nSPS) is 17.5. The van der Waals surface area contributed by atoms with Gasteiger partial charge in [0.1, 0.15) is 11.5 Å². The summed E-state index contributed by atoms with van der Waals surface area (Å²) in [6.07, 6.45) is 6.80. The van der Waals surface area contributed by atoms with Crippen molar-refractivity contribution in [1.82, 2.24) is 10.2 Å². The fraction of sp³-hybridized carbons (Fsp3) is 0.500. The Kier molecular flexibility index (Phi) is 6.22. The number of nitrogens with one attached hydrogen (secondary N) is 1. The van der Waals surface area contributed by atoms with E-state index in [2.05, 4.69) is 10.2 Å². The minimum Gasteiger partial charge on any atom is -0.497 e. The fourth-order valence-corrected chi connectivity index (χ4v) is 4.09. The van der Waals surface area contributed by atoms with Gasteiger partial charge in [0.15, 0.2) is 0 Å². The van der Waals surface area contributed by atoms with Gasteiger partial charge in [-0.05, 0) is 56.8 Å². The Morgan fingerprint density at radius 2 is 1.89 bits per heavy atom. The number of benzene rings is 1. The van der Waals surface area contributed by atoms with Gasteiger partial charge in [0.05, 0.1) is 24.8 Å². The number of likely N-dealkylation sites (N-methyl/N-ethyl adjacent to an activating group) is 1. The van der Waals surface area contributed by atoms with E-state index in [1.165, 1.54) is 6.42 Å². The first-order chi connectivity index (χ1) is 13.1. The summed E-state index contributed by atoms with van der Waals surface area (Å²) in [7, 11) is 5.66. The van der Waals surface area contributed by atoms with Crippen molar-refractivity contribution in [1.29, 1.82) is 0 Å². The number of carbonyl (C=O) groups excluding carboxylic acids is 1. The minimum absolute atomic E-state index is 0.0143. The van der Waals surface area contributed by atoms with Crippen LogP contribution in [0, 0.1) is 0 Å². The largest absolute Gasteiger partial charge is 0.497 e. The van der Waals surface area contributed by atoms with Gasteiger partial charge >= 0.3 is 0 Å². The fourth-order valence-electron chi connectivity index (χ4n) is 4.09. The summed E-state index contributed by atoms with van der Waals surface area (Å²) >= 11 is 0. The Bertz CT molecular complexity index is 717. The molecule has 1 heterocycles. The Labute approximate surface area is 161 Å². The molecule has 0 saturated heterocycles. The van der Waals surface area contributed by atoms with E-state index in [0.717, 1.165) is 42.8 Å². The van der Waals surface area contributed by atoms with Gasteiger partial charge in [-0.25, -0.2) is 0 Å². The number of furan rings is 1. The first-order valence-electron chi connectivity index (χ1n) is 9.69. The van der Waals surface area contributed by atoms with Crippen LogP contribution >= 0.6 is 0 Å². The second-order valence-corrected chi connectivity index (χ2v) is 7.58. The molecule has 0 aliphatic heterocycles. The highest BCUT2D eigenvalue weighted by Gasteiger charge is 2.41. The molecule has 2 aromatic rings. The molecule has 1 amide bonds. The molecule has 3 rings (SSSR count). The molecule has 0 spiro atoms. The van der Waals surface area contributed by atoms with Crippen molar-refractivity contribution >= 4 is 5.91 Å². The number of hydrogen-bond donors (Lipinski definition) is 1. The summed E-state index contributed by atoms with van der Waals surface area (Å²) < 4.78 is 10.8. The van der Waals surface area contributed by atoms with Gasteiger partial charge in [-0.15, -0.1) is 0 Å². The lowest BCUT2D eigenvalue weighted by Gasteiger charge is -2.37. The lowest BCUT2D eigenvalue weighted by atomic mass is 9.68. The second-order valence-electron chi connectivity index (χ2n) is 7.58. The minimum atomic E-state index is -0.454. The molecular weight excluding hydrogens is 340 g/mol. The standard InChI is InChI=1S/C22H30N2O3/c1-24(2)19(20-8-7-15-27-20)16-23-21(25)22(13-5-4-6-14-22)17-9-11-18(26-3)12-10-17/h7-12,15,19H,4-6,13-14,16H2,1-3H3,(H,23,25). The number of ether oxygens (including phenoxy) is 1. The van der Waals surface area contributed by atoms with Crippen molar-refractivity contribution in [2.24, 2.45) is 0 Å². The van der Waals surface area contributed by atoms with Crippen molar-refractivity contribution in [3.8, 4) is 5.75 Å². The summed E-state index contributed by atoms with van der Waals surface area (Å²) in [5, 5.41) is 3.22. The van der Waals surface area contributed by atoms with E-state index in [4.69, 9.17) is 9.15 Å². The van der Waals surface area contributed by atoms with Crippen molar-refractivity contribution in [2.45, 2.75) is 43.6 Å². The highest BCUT2D eigenvalue weighted by Crippen LogP contribution is 2.40. The maximum Gasteiger partial charge on any atom is 0.230 e. The van der Waals surface area contributed by atoms with Gasteiger partial charge in [0, 0.05) is 6.54 Å². The van der Waals surface area contributed by atoms with Crippen LogP contribution in [0.4, 0.5) is 0 Å². The van der Waals surface area contributed by atoms with Gasteiger partial charge in [-0.1, -0.05) is 31.4 Å². The molecule has 1 atom stereocenters. The highest BCUT2D eigenvalue weighted by molar-refractivity contribution is 5.88. The van der Waals surface area contributed by atoms with E-state index >= 15 is 0 Å². The summed E-state index contributed by atoms with van der Waals surface area (Å²) in [6, 6.07) is 11.8. The topological polar surface area (TPSA) is 54.7 Å². The lowest BCUT2D eigenvalue weighted by molar-refractivity contribution is -0.128. The maximum absolute atomic E-state index is 13.4. The lowest BCUT2D eigenvalue weighted by Crippen LogP contribution is -2.47. The van der Waals surface area contributed by atoms with E-state index in [0.29, 0.717) is 6.54 Å². The molecule has 5 heteroatoms. The van der Waals surface area contributed by atoms with E-state index in [1.54, 1.807) is 13.4 Å². The monoisotopic (exact) mass is 370 g/mol. The number of hydrogen-bond acceptors (Lipinski definition) is 4. The van der Waals surface area contributed by atoms with Crippen molar-refractivity contribution in [2.75, 3.05) is 27.7 Å².